The van der Waals surface area contributed by atoms with Gasteiger partial charge >= 0.3 is 0 Å². The van der Waals surface area contributed by atoms with Crippen LogP contribution in [0.25, 0.3) is 0 Å². The molecule has 3 nitrogen and oxygen atoms in total. The van der Waals surface area contributed by atoms with Crippen molar-refractivity contribution in [3.05, 3.63) is 41.4 Å². The van der Waals surface area contributed by atoms with Crippen LogP contribution in [0.2, 0.25) is 0 Å². The molecule has 0 aliphatic carbocycles. The molecule has 0 N–H and O–H groups in total. The summed E-state index contributed by atoms with van der Waals surface area (Å²) >= 11 is 0. The van der Waals surface area contributed by atoms with Crippen molar-refractivity contribution in [2.75, 3.05) is 19.0 Å². The quantitative estimate of drug-likeness (QED) is 0.760. The van der Waals surface area contributed by atoms with Crippen LogP contribution in [0.15, 0.2) is 40.9 Å². The average Bonchev–Trinajstić information content (AvgIpc) is 2.65. The van der Waals surface area contributed by atoms with Crippen LogP contribution in [0.4, 0.5) is 5.69 Å². The Bertz CT molecular complexity index is 446. The van der Waals surface area contributed by atoms with Gasteiger partial charge < -0.3 is 4.90 Å². The Balaban J connectivity index is 2.29. The zero-order chi connectivity index (χ0) is 10.8. The Labute approximate surface area is 91.6 Å². The summed E-state index contributed by atoms with van der Waals surface area (Å²) in [7, 11) is 2.90. The molecule has 1 heterocycles. The van der Waals surface area contributed by atoms with Gasteiger partial charge in [0.05, 0.1) is 10.8 Å². The lowest BCUT2D eigenvalue weighted by atomic mass is 10.2. The average molecular weight is 220 g/mol. The monoisotopic (exact) mass is 220 g/mol. The maximum atomic E-state index is 11.5. The molecule has 0 saturated heterocycles. The highest BCUT2D eigenvalue weighted by Crippen LogP contribution is 2.16. The minimum atomic E-state index is -1.07. The second-order valence-electron chi connectivity index (χ2n) is 3.46. The molecule has 15 heavy (non-hydrogen) atoms. The normalized spacial score (nSPS) is 19.1. The van der Waals surface area contributed by atoms with Crippen LogP contribution >= 0.6 is 0 Å². The van der Waals surface area contributed by atoms with E-state index in [1.165, 1.54) is 0 Å². The van der Waals surface area contributed by atoms with E-state index in [-0.39, 0.29) is 0 Å². The first-order valence-electron chi connectivity index (χ1n) is 4.61. The topological polar surface area (TPSA) is 32.7 Å². The molecule has 1 aromatic rings. The van der Waals surface area contributed by atoms with Crippen molar-refractivity contribution in [2.45, 2.75) is 0 Å². The highest BCUT2D eigenvalue weighted by molar-refractivity contribution is 8.04. The van der Waals surface area contributed by atoms with Gasteiger partial charge in [-0.2, -0.15) is 0 Å². The Morgan fingerprint density at radius 2 is 1.87 bits per heavy atom. The molecular formula is C11H12N2OS. The molecule has 0 saturated carbocycles. The Morgan fingerprint density at radius 1 is 1.20 bits per heavy atom. The number of hydrogen-bond donors (Lipinski definition) is 0. The van der Waals surface area contributed by atoms with Crippen molar-refractivity contribution in [3.63, 3.8) is 0 Å². The number of benzene rings is 1. The van der Waals surface area contributed by atoms with Gasteiger partial charge in [0.25, 0.3) is 0 Å². The van der Waals surface area contributed by atoms with Crippen LogP contribution < -0.4 is 4.90 Å². The number of rotatable bonds is 2. The number of anilines is 1. The van der Waals surface area contributed by atoms with Gasteiger partial charge in [0.2, 0.25) is 0 Å². The van der Waals surface area contributed by atoms with Crippen molar-refractivity contribution in [1.82, 2.24) is 0 Å². The van der Waals surface area contributed by atoms with Crippen LogP contribution in [0.1, 0.15) is 5.56 Å². The molecule has 1 atom stereocenters. The van der Waals surface area contributed by atoms with E-state index in [0.717, 1.165) is 11.3 Å². The molecule has 78 valence electrons. The maximum Gasteiger partial charge on any atom is 0.138 e. The molecule has 1 unspecified atom stereocenters. The largest absolute Gasteiger partial charge is 0.378 e. The van der Waals surface area contributed by atoms with Gasteiger partial charge in [-0.25, -0.2) is 9.20 Å². The van der Waals surface area contributed by atoms with Gasteiger partial charge in [0.15, 0.2) is 0 Å². The third-order valence-electron chi connectivity index (χ3n) is 2.20. The zero-order valence-corrected chi connectivity index (χ0v) is 9.49. The molecule has 0 aromatic heterocycles. The number of nitrogens with zero attached hydrogens (tertiary/aromatic N) is 2. The highest BCUT2D eigenvalue weighted by atomic mass is 32.2. The van der Waals surface area contributed by atoms with E-state index in [1.54, 1.807) is 11.6 Å². The second-order valence-corrected chi connectivity index (χ2v) is 4.71. The minimum Gasteiger partial charge on any atom is -0.378 e. The van der Waals surface area contributed by atoms with Gasteiger partial charge in [-0.3, -0.25) is 0 Å². The molecule has 1 aliphatic heterocycles. The first-order chi connectivity index (χ1) is 7.18. The minimum absolute atomic E-state index is 0.639. The summed E-state index contributed by atoms with van der Waals surface area (Å²) in [4.78, 5) is 6.11. The Kier molecular flexibility index (Phi) is 2.68. The third-order valence-corrected chi connectivity index (χ3v) is 3.29. The Morgan fingerprint density at radius 3 is 2.33 bits per heavy atom. The summed E-state index contributed by atoms with van der Waals surface area (Å²) in [6.45, 7) is 0. The molecule has 0 amide bonds. The summed E-state index contributed by atoms with van der Waals surface area (Å²) in [6.07, 6.45) is 1.59. The fraction of sp³-hybridized carbons (Fsp3) is 0.182. The van der Waals surface area contributed by atoms with Crippen molar-refractivity contribution in [1.29, 1.82) is 0 Å². The first kappa shape index (κ1) is 10.1. The van der Waals surface area contributed by atoms with Crippen LogP contribution in [0.5, 0.6) is 0 Å². The number of hydrogen-bond acceptors (Lipinski definition) is 3. The summed E-state index contributed by atoms with van der Waals surface area (Å²) in [5.74, 6) is 0. The van der Waals surface area contributed by atoms with Crippen LogP contribution in [-0.2, 0) is 10.8 Å². The summed E-state index contributed by atoms with van der Waals surface area (Å²) in [5.41, 5.74) is 2.04. The SMILES string of the molecule is CN(C)c1ccc(C2=NC=CS2=O)cc1. The van der Waals surface area contributed by atoms with Crippen LogP contribution in [-0.4, -0.2) is 23.3 Å². The van der Waals surface area contributed by atoms with Crippen molar-refractivity contribution >= 4 is 21.5 Å². The molecule has 0 spiro atoms. The second kappa shape index (κ2) is 3.98. The highest BCUT2D eigenvalue weighted by Gasteiger charge is 2.12. The molecule has 4 heteroatoms. The lowest BCUT2D eigenvalue weighted by molar-refractivity contribution is 0.695. The van der Waals surface area contributed by atoms with Crippen molar-refractivity contribution in [3.8, 4) is 0 Å². The summed E-state index contributed by atoms with van der Waals surface area (Å²) in [5, 5.41) is 2.23. The van der Waals surface area contributed by atoms with Crippen LogP contribution in [0, 0.1) is 0 Å². The predicted octanol–water partition coefficient (Wildman–Crippen LogP) is 1.73. The van der Waals surface area contributed by atoms with Gasteiger partial charge in [-0.1, -0.05) is 12.1 Å². The van der Waals surface area contributed by atoms with E-state index < -0.39 is 10.8 Å². The smallest absolute Gasteiger partial charge is 0.138 e. The van der Waals surface area contributed by atoms with E-state index in [0.29, 0.717) is 5.04 Å². The van der Waals surface area contributed by atoms with E-state index in [4.69, 9.17) is 0 Å². The van der Waals surface area contributed by atoms with E-state index in [1.807, 2.05) is 43.3 Å². The van der Waals surface area contributed by atoms with Crippen molar-refractivity contribution in [2.24, 2.45) is 4.99 Å². The molecule has 0 bridgehead atoms. The van der Waals surface area contributed by atoms with Gasteiger partial charge in [0.1, 0.15) is 5.04 Å². The summed E-state index contributed by atoms with van der Waals surface area (Å²) < 4.78 is 11.5. The van der Waals surface area contributed by atoms with Crippen LogP contribution in [0.3, 0.4) is 0 Å². The standard InChI is InChI=1S/C11H12N2OS/c1-13(2)10-5-3-9(4-6-10)11-12-7-8-15(11)14/h3-8H,1-2H3. The molecule has 0 radical (unpaired) electrons. The lowest BCUT2D eigenvalue weighted by Crippen LogP contribution is -2.09. The first-order valence-corrected chi connectivity index (χ1v) is 5.82. The lowest BCUT2D eigenvalue weighted by Gasteiger charge is -2.12. The van der Waals surface area contributed by atoms with E-state index >= 15 is 0 Å². The molecule has 2 rings (SSSR count). The fourth-order valence-electron chi connectivity index (χ4n) is 1.36. The predicted molar refractivity (Wildman–Crippen MR) is 64.6 cm³/mol. The zero-order valence-electron chi connectivity index (χ0n) is 8.68. The third kappa shape index (κ3) is 1.99. The van der Waals surface area contributed by atoms with Gasteiger partial charge in [-0.15, -0.1) is 0 Å². The van der Waals surface area contributed by atoms with Crippen molar-refractivity contribution < 1.29 is 4.21 Å². The molecule has 0 fully saturated rings. The number of aliphatic imine (C=N–C) groups is 1. The molecule has 1 aromatic carbocycles. The van der Waals surface area contributed by atoms with Gasteiger partial charge in [0, 0.05) is 37.0 Å². The summed E-state index contributed by atoms with van der Waals surface area (Å²) in [6, 6.07) is 7.87. The maximum absolute atomic E-state index is 11.5. The molecular weight excluding hydrogens is 208 g/mol. The van der Waals surface area contributed by atoms with E-state index in [9.17, 15) is 4.21 Å². The Hall–Kier alpha value is -1.42. The van der Waals surface area contributed by atoms with E-state index in [2.05, 4.69) is 4.99 Å². The fourth-order valence-corrected chi connectivity index (χ4v) is 2.20. The molecule has 1 aliphatic rings. The van der Waals surface area contributed by atoms with Gasteiger partial charge in [-0.05, 0) is 12.1 Å².